The van der Waals surface area contributed by atoms with Gasteiger partial charge in [0.25, 0.3) is 0 Å². The number of fused-ring (bicyclic) bond motifs is 1. The molecule has 0 unspecified atom stereocenters. The first-order chi connectivity index (χ1) is 12.3. The molecule has 25 heavy (non-hydrogen) atoms. The standard InChI is InChI=1S/C21H32N4/c1-2-10-23-16-17-24(18-23)15-14-22-11-8-20(9-12-22)25-13-7-19-5-3-4-6-21(19)25/h3-7,13,20H,2,8-12,14-18H2,1H3. The van der Waals surface area contributed by atoms with Gasteiger partial charge in [0.15, 0.2) is 0 Å². The molecule has 2 aliphatic rings. The van der Waals surface area contributed by atoms with E-state index in [4.69, 9.17) is 0 Å². The number of rotatable bonds is 6. The Labute approximate surface area is 152 Å². The van der Waals surface area contributed by atoms with Crippen molar-refractivity contribution in [3.63, 3.8) is 0 Å². The summed E-state index contributed by atoms with van der Waals surface area (Å²) in [4.78, 5) is 7.88. The summed E-state index contributed by atoms with van der Waals surface area (Å²) < 4.78 is 2.51. The molecule has 0 atom stereocenters. The van der Waals surface area contributed by atoms with Crippen molar-refractivity contribution in [1.82, 2.24) is 19.3 Å². The van der Waals surface area contributed by atoms with Gasteiger partial charge in [0.05, 0.1) is 6.67 Å². The van der Waals surface area contributed by atoms with E-state index in [1.165, 1.54) is 82.6 Å². The molecule has 0 bridgehead atoms. The van der Waals surface area contributed by atoms with Gasteiger partial charge >= 0.3 is 0 Å². The van der Waals surface area contributed by atoms with Gasteiger partial charge in [-0.3, -0.25) is 9.80 Å². The van der Waals surface area contributed by atoms with Crippen molar-refractivity contribution >= 4 is 10.9 Å². The lowest BCUT2D eigenvalue weighted by Gasteiger charge is -2.34. The Bertz CT molecular complexity index is 671. The van der Waals surface area contributed by atoms with Crippen LogP contribution >= 0.6 is 0 Å². The molecule has 2 aliphatic heterocycles. The lowest BCUT2D eigenvalue weighted by atomic mass is 10.0. The monoisotopic (exact) mass is 340 g/mol. The number of benzene rings is 1. The second-order valence-electron chi connectivity index (χ2n) is 7.73. The van der Waals surface area contributed by atoms with Crippen LogP contribution < -0.4 is 0 Å². The molecule has 1 aromatic carbocycles. The molecule has 136 valence electrons. The Balaban J connectivity index is 1.25. The van der Waals surface area contributed by atoms with Crippen LogP contribution in [0.3, 0.4) is 0 Å². The van der Waals surface area contributed by atoms with Crippen LogP contribution in [0.5, 0.6) is 0 Å². The third kappa shape index (κ3) is 3.91. The molecule has 1 aromatic heterocycles. The molecule has 2 fully saturated rings. The molecule has 0 spiro atoms. The van der Waals surface area contributed by atoms with Gasteiger partial charge in [-0.15, -0.1) is 0 Å². The number of piperidine rings is 1. The summed E-state index contributed by atoms with van der Waals surface area (Å²) in [6.45, 7) is 12.2. The average Bonchev–Trinajstić information content (AvgIpc) is 3.28. The fourth-order valence-electron chi connectivity index (χ4n) is 4.52. The largest absolute Gasteiger partial charge is 0.344 e. The number of likely N-dealkylation sites (tertiary alicyclic amines) is 1. The topological polar surface area (TPSA) is 14.7 Å². The quantitative estimate of drug-likeness (QED) is 0.802. The zero-order valence-corrected chi connectivity index (χ0v) is 15.6. The smallest absolute Gasteiger partial charge is 0.0507 e. The molecule has 4 heteroatoms. The van der Waals surface area contributed by atoms with E-state index >= 15 is 0 Å². The van der Waals surface area contributed by atoms with Gasteiger partial charge in [-0.25, -0.2) is 0 Å². The maximum Gasteiger partial charge on any atom is 0.0507 e. The number of para-hydroxylation sites is 1. The van der Waals surface area contributed by atoms with Gasteiger partial charge in [-0.2, -0.15) is 0 Å². The van der Waals surface area contributed by atoms with Gasteiger partial charge in [0.2, 0.25) is 0 Å². The van der Waals surface area contributed by atoms with E-state index in [0.29, 0.717) is 6.04 Å². The molecule has 2 saturated heterocycles. The first-order valence-electron chi connectivity index (χ1n) is 10.1. The van der Waals surface area contributed by atoms with Gasteiger partial charge in [0, 0.05) is 57.0 Å². The van der Waals surface area contributed by atoms with Crippen molar-refractivity contribution in [2.75, 3.05) is 52.5 Å². The second kappa shape index (κ2) is 7.90. The van der Waals surface area contributed by atoms with Crippen LogP contribution in [0, 0.1) is 0 Å². The minimum absolute atomic E-state index is 0.669. The molecule has 4 nitrogen and oxygen atoms in total. The summed E-state index contributed by atoms with van der Waals surface area (Å²) in [5.74, 6) is 0. The van der Waals surface area contributed by atoms with Crippen molar-refractivity contribution < 1.29 is 0 Å². The van der Waals surface area contributed by atoms with Crippen molar-refractivity contribution in [3.8, 4) is 0 Å². The summed E-state index contributed by atoms with van der Waals surface area (Å²) in [5, 5.41) is 1.37. The van der Waals surface area contributed by atoms with Crippen LogP contribution in [0.1, 0.15) is 32.2 Å². The van der Waals surface area contributed by atoms with Crippen molar-refractivity contribution in [2.24, 2.45) is 0 Å². The summed E-state index contributed by atoms with van der Waals surface area (Å²) in [6, 6.07) is 11.7. The fourth-order valence-corrected chi connectivity index (χ4v) is 4.52. The Morgan fingerprint density at radius 3 is 2.36 bits per heavy atom. The maximum atomic E-state index is 2.67. The van der Waals surface area contributed by atoms with Crippen LogP contribution in [0.4, 0.5) is 0 Å². The van der Waals surface area contributed by atoms with E-state index in [1.54, 1.807) is 0 Å². The predicted molar refractivity (Wildman–Crippen MR) is 105 cm³/mol. The number of nitrogens with zero attached hydrogens (tertiary/aromatic N) is 4. The summed E-state index contributed by atoms with van der Waals surface area (Å²) in [6.07, 6.45) is 6.12. The molecule has 0 radical (unpaired) electrons. The molecular weight excluding hydrogens is 308 g/mol. The minimum Gasteiger partial charge on any atom is -0.344 e. The predicted octanol–water partition coefficient (Wildman–Crippen LogP) is 3.26. The van der Waals surface area contributed by atoms with Crippen molar-refractivity contribution in [3.05, 3.63) is 36.5 Å². The lowest BCUT2D eigenvalue weighted by molar-refractivity contribution is 0.159. The number of aromatic nitrogens is 1. The zero-order valence-electron chi connectivity index (χ0n) is 15.6. The van der Waals surface area contributed by atoms with Crippen molar-refractivity contribution in [1.29, 1.82) is 0 Å². The minimum atomic E-state index is 0.669. The molecular formula is C21H32N4. The molecule has 0 aliphatic carbocycles. The van der Waals surface area contributed by atoms with Gasteiger partial charge in [0.1, 0.15) is 0 Å². The summed E-state index contributed by atoms with van der Waals surface area (Å²) >= 11 is 0. The normalized spacial score (nSPS) is 21.5. The van der Waals surface area contributed by atoms with Crippen LogP contribution in [0.25, 0.3) is 10.9 Å². The molecule has 0 amide bonds. The van der Waals surface area contributed by atoms with Gasteiger partial charge in [-0.05, 0) is 43.3 Å². The third-order valence-corrected chi connectivity index (χ3v) is 5.98. The maximum absolute atomic E-state index is 2.67. The van der Waals surface area contributed by atoms with Crippen LogP contribution in [-0.4, -0.2) is 71.7 Å². The van der Waals surface area contributed by atoms with E-state index in [9.17, 15) is 0 Å². The molecule has 4 rings (SSSR count). The van der Waals surface area contributed by atoms with Crippen LogP contribution in [-0.2, 0) is 0 Å². The highest BCUT2D eigenvalue weighted by atomic mass is 15.4. The highest BCUT2D eigenvalue weighted by Gasteiger charge is 2.23. The Morgan fingerprint density at radius 2 is 1.56 bits per heavy atom. The first-order valence-corrected chi connectivity index (χ1v) is 10.1. The zero-order chi connectivity index (χ0) is 17.1. The Morgan fingerprint density at radius 1 is 0.840 bits per heavy atom. The second-order valence-corrected chi connectivity index (χ2v) is 7.73. The summed E-state index contributed by atoms with van der Waals surface area (Å²) in [5.41, 5.74) is 1.40. The SMILES string of the molecule is CCCN1CCN(CCN2CCC(n3ccc4ccccc43)CC2)C1. The highest BCUT2D eigenvalue weighted by Crippen LogP contribution is 2.27. The fraction of sp³-hybridized carbons (Fsp3) is 0.619. The van der Waals surface area contributed by atoms with E-state index in [1.807, 2.05) is 0 Å². The van der Waals surface area contributed by atoms with E-state index < -0.39 is 0 Å². The molecule has 0 N–H and O–H groups in total. The Kier molecular flexibility index (Phi) is 5.39. The third-order valence-electron chi connectivity index (χ3n) is 5.98. The van der Waals surface area contributed by atoms with E-state index in [-0.39, 0.29) is 0 Å². The molecule has 3 heterocycles. The van der Waals surface area contributed by atoms with E-state index in [0.717, 1.165) is 0 Å². The molecule has 0 saturated carbocycles. The number of hydrogen-bond acceptors (Lipinski definition) is 3. The number of hydrogen-bond donors (Lipinski definition) is 0. The van der Waals surface area contributed by atoms with Crippen LogP contribution in [0.15, 0.2) is 36.5 Å². The highest BCUT2D eigenvalue weighted by molar-refractivity contribution is 5.80. The van der Waals surface area contributed by atoms with E-state index in [2.05, 4.69) is 62.7 Å². The molecule has 2 aromatic rings. The lowest BCUT2D eigenvalue weighted by Crippen LogP contribution is -2.40. The van der Waals surface area contributed by atoms with Crippen molar-refractivity contribution in [2.45, 2.75) is 32.2 Å². The van der Waals surface area contributed by atoms with Crippen LogP contribution in [0.2, 0.25) is 0 Å². The van der Waals surface area contributed by atoms with Gasteiger partial charge in [-0.1, -0.05) is 25.1 Å². The first kappa shape index (κ1) is 17.1. The summed E-state index contributed by atoms with van der Waals surface area (Å²) in [7, 11) is 0. The average molecular weight is 341 g/mol. The van der Waals surface area contributed by atoms with Gasteiger partial charge < -0.3 is 9.47 Å². The Hall–Kier alpha value is -1.36.